The number of hydrogen-bond donors (Lipinski definition) is 2. The number of anilines is 1. The van der Waals surface area contributed by atoms with Crippen LogP contribution in [0, 0.1) is 11.6 Å². The molecule has 0 aliphatic heterocycles. The molecule has 0 atom stereocenters. The van der Waals surface area contributed by atoms with Crippen molar-refractivity contribution in [3.63, 3.8) is 0 Å². The van der Waals surface area contributed by atoms with Gasteiger partial charge in [0.15, 0.2) is 11.6 Å². The minimum atomic E-state index is -4.13. The van der Waals surface area contributed by atoms with Crippen LogP contribution in [-0.4, -0.2) is 29.3 Å². The van der Waals surface area contributed by atoms with Gasteiger partial charge in [-0.05, 0) is 18.2 Å². The van der Waals surface area contributed by atoms with Crippen molar-refractivity contribution >= 4 is 21.7 Å². The second-order valence-electron chi connectivity index (χ2n) is 4.00. The van der Waals surface area contributed by atoms with Crippen molar-refractivity contribution in [3.8, 4) is 0 Å². The smallest absolute Gasteiger partial charge is 0.325 e. The van der Waals surface area contributed by atoms with Crippen molar-refractivity contribution in [1.29, 1.82) is 0 Å². The molecule has 2 aromatic rings. The first-order valence-corrected chi connectivity index (χ1v) is 6.98. The number of nitrogens with one attached hydrogen (secondary N) is 1. The summed E-state index contributed by atoms with van der Waals surface area (Å²) in [4.78, 5) is 10.0. The number of halogens is 2. The standard InChI is InChI=1S/C11H9F2N3O4S/c12-9-2-1-8(3-10(9)13)21(19,20)15-7-4-14-16(5-7)6-11(17)18/h1-5,15H,6H2,(H,17,18). The van der Waals surface area contributed by atoms with Crippen LogP contribution in [0.2, 0.25) is 0 Å². The number of rotatable bonds is 5. The lowest BCUT2D eigenvalue weighted by molar-refractivity contribution is -0.137. The summed E-state index contributed by atoms with van der Waals surface area (Å²) < 4.78 is 52.8. The van der Waals surface area contributed by atoms with Gasteiger partial charge >= 0.3 is 5.97 Å². The number of hydrogen-bond acceptors (Lipinski definition) is 4. The molecular formula is C11H9F2N3O4S. The third kappa shape index (κ3) is 3.54. The first-order valence-electron chi connectivity index (χ1n) is 5.50. The van der Waals surface area contributed by atoms with E-state index in [1.54, 1.807) is 0 Å². The van der Waals surface area contributed by atoms with Crippen molar-refractivity contribution in [2.75, 3.05) is 4.72 Å². The van der Waals surface area contributed by atoms with Crippen LogP contribution in [0.1, 0.15) is 0 Å². The molecule has 0 aliphatic rings. The Hall–Kier alpha value is -2.49. The van der Waals surface area contributed by atoms with Gasteiger partial charge in [-0.15, -0.1) is 0 Å². The molecule has 112 valence electrons. The first-order chi connectivity index (χ1) is 9.78. The molecule has 0 saturated heterocycles. The van der Waals surface area contributed by atoms with Crippen LogP contribution in [0.4, 0.5) is 14.5 Å². The fourth-order valence-electron chi connectivity index (χ4n) is 1.50. The number of carboxylic acid groups (broad SMARTS) is 1. The van der Waals surface area contributed by atoms with Crippen molar-refractivity contribution in [3.05, 3.63) is 42.2 Å². The SMILES string of the molecule is O=C(O)Cn1cc(NS(=O)(=O)c2ccc(F)c(F)c2)cn1. The highest BCUT2D eigenvalue weighted by atomic mass is 32.2. The lowest BCUT2D eigenvalue weighted by Gasteiger charge is -2.06. The molecule has 7 nitrogen and oxygen atoms in total. The molecule has 0 amide bonds. The van der Waals surface area contributed by atoms with Gasteiger partial charge in [0.25, 0.3) is 10.0 Å². The third-order valence-corrected chi connectivity index (χ3v) is 3.76. The molecule has 1 heterocycles. The van der Waals surface area contributed by atoms with Gasteiger partial charge in [0.2, 0.25) is 0 Å². The molecule has 0 fully saturated rings. The summed E-state index contributed by atoms with van der Waals surface area (Å²) >= 11 is 0. The maximum Gasteiger partial charge on any atom is 0.325 e. The fourth-order valence-corrected chi connectivity index (χ4v) is 2.54. The molecule has 2 N–H and O–H groups in total. The number of carboxylic acids is 1. The molecule has 1 aromatic carbocycles. The molecule has 21 heavy (non-hydrogen) atoms. The monoisotopic (exact) mass is 317 g/mol. The van der Waals surface area contributed by atoms with E-state index in [4.69, 9.17) is 5.11 Å². The average molecular weight is 317 g/mol. The Labute approximate surface area is 117 Å². The summed E-state index contributed by atoms with van der Waals surface area (Å²) in [7, 11) is -4.13. The van der Waals surface area contributed by atoms with Crippen LogP contribution in [0.5, 0.6) is 0 Å². The molecule has 1 aromatic heterocycles. The van der Waals surface area contributed by atoms with E-state index in [2.05, 4.69) is 9.82 Å². The number of aliphatic carboxylic acids is 1. The molecule has 0 unspecified atom stereocenters. The van der Waals surface area contributed by atoms with Crippen molar-refractivity contribution < 1.29 is 27.1 Å². The highest BCUT2D eigenvalue weighted by Gasteiger charge is 2.17. The number of benzene rings is 1. The maximum atomic E-state index is 13.0. The number of sulfonamides is 1. The Morgan fingerprint density at radius 2 is 2.05 bits per heavy atom. The van der Waals surface area contributed by atoms with Crippen LogP contribution >= 0.6 is 0 Å². The molecule has 0 aliphatic carbocycles. The minimum Gasteiger partial charge on any atom is -0.480 e. The quantitative estimate of drug-likeness (QED) is 0.858. The molecular weight excluding hydrogens is 308 g/mol. The zero-order valence-electron chi connectivity index (χ0n) is 10.3. The highest BCUT2D eigenvalue weighted by molar-refractivity contribution is 7.92. The Bertz CT molecular complexity index is 789. The molecule has 0 spiro atoms. The van der Waals surface area contributed by atoms with Crippen LogP contribution in [-0.2, 0) is 21.4 Å². The lowest BCUT2D eigenvalue weighted by Crippen LogP contribution is -2.13. The van der Waals surface area contributed by atoms with Gasteiger partial charge in [0.05, 0.1) is 16.8 Å². The summed E-state index contributed by atoms with van der Waals surface area (Å²) in [6.07, 6.45) is 2.26. The van der Waals surface area contributed by atoms with Crippen LogP contribution in [0.15, 0.2) is 35.5 Å². The lowest BCUT2D eigenvalue weighted by atomic mass is 10.3. The Morgan fingerprint density at radius 3 is 2.67 bits per heavy atom. The Balaban J connectivity index is 2.22. The Kier molecular flexibility index (Phi) is 3.89. The molecule has 0 saturated carbocycles. The van der Waals surface area contributed by atoms with Gasteiger partial charge in [-0.25, -0.2) is 17.2 Å². The van der Waals surface area contributed by atoms with Crippen LogP contribution in [0.25, 0.3) is 0 Å². The topological polar surface area (TPSA) is 101 Å². The van der Waals surface area contributed by atoms with E-state index in [1.807, 2.05) is 0 Å². The van der Waals surface area contributed by atoms with Gasteiger partial charge in [-0.3, -0.25) is 14.2 Å². The van der Waals surface area contributed by atoms with Crippen molar-refractivity contribution in [2.24, 2.45) is 0 Å². The molecule has 10 heteroatoms. The number of carbonyl (C=O) groups is 1. The number of aromatic nitrogens is 2. The molecule has 2 rings (SSSR count). The molecule has 0 bridgehead atoms. The summed E-state index contributed by atoms with van der Waals surface area (Å²) in [6.45, 7) is -0.438. The van der Waals surface area contributed by atoms with E-state index in [1.165, 1.54) is 0 Å². The summed E-state index contributed by atoms with van der Waals surface area (Å²) in [6, 6.07) is 2.14. The van der Waals surface area contributed by atoms with E-state index in [0.29, 0.717) is 12.1 Å². The van der Waals surface area contributed by atoms with Gasteiger partial charge in [0.1, 0.15) is 6.54 Å². The van der Waals surface area contributed by atoms with E-state index in [-0.39, 0.29) is 5.69 Å². The van der Waals surface area contributed by atoms with Gasteiger partial charge in [-0.2, -0.15) is 5.10 Å². The van der Waals surface area contributed by atoms with E-state index < -0.39 is 39.1 Å². The van der Waals surface area contributed by atoms with Crippen LogP contribution in [0.3, 0.4) is 0 Å². The predicted octanol–water partition coefficient (Wildman–Crippen LogP) is 1.05. The molecule has 0 radical (unpaired) electrons. The first kappa shape index (κ1) is 14.9. The van der Waals surface area contributed by atoms with Gasteiger partial charge in [0, 0.05) is 6.20 Å². The third-order valence-electron chi connectivity index (χ3n) is 2.38. The summed E-state index contributed by atoms with van der Waals surface area (Å²) in [5.41, 5.74) is 0.000910. The second kappa shape index (κ2) is 5.48. The zero-order valence-corrected chi connectivity index (χ0v) is 11.1. The predicted molar refractivity (Wildman–Crippen MR) is 67.0 cm³/mol. The minimum absolute atomic E-state index is 0.000910. The van der Waals surface area contributed by atoms with Gasteiger partial charge in [-0.1, -0.05) is 0 Å². The Morgan fingerprint density at radius 1 is 1.33 bits per heavy atom. The zero-order chi connectivity index (χ0) is 15.6. The highest BCUT2D eigenvalue weighted by Crippen LogP contribution is 2.17. The fraction of sp³-hybridized carbons (Fsp3) is 0.0909. The van der Waals surface area contributed by atoms with Crippen molar-refractivity contribution in [2.45, 2.75) is 11.4 Å². The number of nitrogens with zero attached hydrogens (tertiary/aromatic N) is 2. The summed E-state index contributed by atoms with van der Waals surface area (Å²) in [5, 5.41) is 12.2. The normalized spacial score (nSPS) is 11.3. The van der Waals surface area contributed by atoms with E-state index >= 15 is 0 Å². The van der Waals surface area contributed by atoms with Crippen LogP contribution < -0.4 is 4.72 Å². The maximum absolute atomic E-state index is 13.0. The summed E-state index contributed by atoms with van der Waals surface area (Å²) in [5.74, 6) is -3.60. The van der Waals surface area contributed by atoms with E-state index in [9.17, 15) is 22.0 Å². The van der Waals surface area contributed by atoms with Gasteiger partial charge < -0.3 is 5.11 Å². The van der Waals surface area contributed by atoms with E-state index in [0.717, 1.165) is 23.1 Å². The average Bonchev–Trinajstić information content (AvgIpc) is 2.78. The largest absolute Gasteiger partial charge is 0.480 e. The van der Waals surface area contributed by atoms with Crippen molar-refractivity contribution in [1.82, 2.24) is 9.78 Å². The second-order valence-corrected chi connectivity index (χ2v) is 5.68.